The number of aliphatic hydroxyl groups is 1. The predicted octanol–water partition coefficient (Wildman–Crippen LogP) is 2.27. The minimum atomic E-state index is -1.54. The van der Waals surface area contributed by atoms with E-state index in [9.17, 15) is 14.7 Å². The lowest BCUT2D eigenvalue weighted by Crippen LogP contribution is -2.45. The van der Waals surface area contributed by atoms with Gasteiger partial charge in [0.2, 0.25) is 0 Å². The van der Waals surface area contributed by atoms with Crippen molar-refractivity contribution in [2.24, 2.45) is 11.8 Å². The third kappa shape index (κ3) is 3.51. The summed E-state index contributed by atoms with van der Waals surface area (Å²) in [6.07, 6.45) is 0.404. The molecule has 6 atom stereocenters. The zero-order valence-electron chi connectivity index (χ0n) is 17.2. The molecule has 0 amide bonds. The summed E-state index contributed by atoms with van der Waals surface area (Å²) in [5.74, 6) is -3.30. The maximum Gasteiger partial charge on any atom is 0.334 e. The standard InChI is InChI=1S/C21H30O7/c1-7-25-16-10-21(24)12(4)8-14-17(13(5)19(23)26-14)15(9-20(16,6)28-21)27-18(22)11(2)3/h8,11,14-17,24H,5,7,9-10H2,1-4,6H3/b12-8+/t14-,15?,16?,17+,20-,21-/m1/s1. The lowest BCUT2D eigenvalue weighted by molar-refractivity contribution is -0.211. The van der Waals surface area contributed by atoms with Gasteiger partial charge >= 0.3 is 11.9 Å². The van der Waals surface area contributed by atoms with Crippen LogP contribution in [-0.4, -0.2) is 53.4 Å². The molecule has 0 spiro atoms. The van der Waals surface area contributed by atoms with Gasteiger partial charge in [-0.1, -0.05) is 20.4 Å². The average molecular weight is 394 g/mol. The van der Waals surface area contributed by atoms with E-state index in [1.54, 1.807) is 26.8 Å². The lowest BCUT2D eigenvalue weighted by Gasteiger charge is -2.36. The fourth-order valence-electron chi connectivity index (χ4n) is 4.30. The van der Waals surface area contributed by atoms with Gasteiger partial charge in [-0.05, 0) is 32.4 Å². The van der Waals surface area contributed by atoms with Crippen LogP contribution in [0.5, 0.6) is 0 Å². The Morgan fingerprint density at radius 3 is 2.71 bits per heavy atom. The van der Waals surface area contributed by atoms with Gasteiger partial charge in [0.05, 0.1) is 23.5 Å². The number of hydrogen-bond donors (Lipinski definition) is 1. The fourth-order valence-corrected chi connectivity index (χ4v) is 4.30. The first-order chi connectivity index (χ1) is 13.0. The first kappa shape index (κ1) is 21.0. The first-order valence-electron chi connectivity index (χ1n) is 9.84. The van der Waals surface area contributed by atoms with Gasteiger partial charge in [-0.2, -0.15) is 0 Å². The molecule has 156 valence electrons. The van der Waals surface area contributed by atoms with Crippen LogP contribution in [0.2, 0.25) is 0 Å². The second-order valence-electron chi connectivity index (χ2n) is 8.45. The first-order valence-corrected chi connectivity index (χ1v) is 9.84. The molecule has 2 saturated heterocycles. The molecule has 3 rings (SSSR count). The molecule has 7 heteroatoms. The van der Waals surface area contributed by atoms with Crippen molar-refractivity contribution in [2.75, 3.05) is 6.61 Å². The quantitative estimate of drug-likeness (QED) is 0.444. The van der Waals surface area contributed by atoms with Crippen LogP contribution in [0.4, 0.5) is 0 Å². The zero-order chi connectivity index (χ0) is 20.9. The molecular weight excluding hydrogens is 364 g/mol. The Kier molecular flexibility index (Phi) is 5.47. The van der Waals surface area contributed by atoms with Gasteiger partial charge in [-0.25, -0.2) is 4.79 Å². The molecule has 0 aromatic rings. The molecule has 0 aromatic heterocycles. The van der Waals surface area contributed by atoms with E-state index >= 15 is 0 Å². The van der Waals surface area contributed by atoms with Crippen LogP contribution >= 0.6 is 0 Å². The summed E-state index contributed by atoms with van der Waals surface area (Å²) in [6.45, 7) is 13.3. The maximum atomic E-state index is 12.4. The number of fused-ring (bicyclic) bond motifs is 3. The summed E-state index contributed by atoms with van der Waals surface area (Å²) in [4.78, 5) is 24.6. The Morgan fingerprint density at radius 1 is 1.43 bits per heavy atom. The van der Waals surface area contributed by atoms with E-state index in [1.165, 1.54) is 0 Å². The highest BCUT2D eigenvalue weighted by Crippen LogP contribution is 2.49. The van der Waals surface area contributed by atoms with Crippen LogP contribution in [0.1, 0.15) is 47.5 Å². The van der Waals surface area contributed by atoms with Gasteiger partial charge in [0, 0.05) is 25.0 Å². The summed E-state index contributed by atoms with van der Waals surface area (Å²) in [5.41, 5.74) is -0.117. The summed E-state index contributed by atoms with van der Waals surface area (Å²) in [7, 11) is 0. The van der Waals surface area contributed by atoms with Crippen LogP contribution in [0, 0.1) is 11.8 Å². The second-order valence-corrected chi connectivity index (χ2v) is 8.45. The molecular formula is C21H30O7. The van der Waals surface area contributed by atoms with Gasteiger partial charge < -0.3 is 24.1 Å². The highest BCUT2D eigenvalue weighted by atomic mass is 16.7. The molecule has 3 heterocycles. The minimum absolute atomic E-state index is 0.246. The molecule has 1 N–H and O–H groups in total. The van der Waals surface area contributed by atoms with Gasteiger partial charge in [0.1, 0.15) is 12.2 Å². The minimum Gasteiger partial charge on any atom is -0.461 e. The Balaban J connectivity index is 2.07. The largest absolute Gasteiger partial charge is 0.461 e. The second kappa shape index (κ2) is 7.28. The molecule has 2 fully saturated rings. The van der Waals surface area contributed by atoms with E-state index in [4.69, 9.17) is 18.9 Å². The topological polar surface area (TPSA) is 91.3 Å². The van der Waals surface area contributed by atoms with Crippen molar-refractivity contribution in [3.63, 3.8) is 0 Å². The normalized spacial score (nSPS) is 42.2. The number of esters is 2. The Morgan fingerprint density at radius 2 is 2.11 bits per heavy atom. The van der Waals surface area contributed by atoms with Gasteiger partial charge in [-0.15, -0.1) is 0 Å². The van der Waals surface area contributed by atoms with Crippen molar-refractivity contribution in [2.45, 2.75) is 77.2 Å². The molecule has 3 aliphatic heterocycles. The summed E-state index contributed by atoms with van der Waals surface area (Å²) in [6, 6.07) is 0. The predicted molar refractivity (Wildman–Crippen MR) is 100 cm³/mol. The average Bonchev–Trinajstić information content (AvgIpc) is 3.01. The van der Waals surface area contributed by atoms with Crippen molar-refractivity contribution < 1.29 is 33.6 Å². The third-order valence-corrected chi connectivity index (χ3v) is 5.95. The van der Waals surface area contributed by atoms with Crippen molar-refractivity contribution in [1.82, 2.24) is 0 Å². The highest BCUT2D eigenvalue weighted by Gasteiger charge is 2.58. The number of hydrogen-bond acceptors (Lipinski definition) is 7. The molecule has 28 heavy (non-hydrogen) atoms. The van der Waals surface area contributed by atoms with Gasteiger partial charge in [0.15, 0.2) is 5.79 Å². The van der Waals surface area contributed by atoms with Gasteiger partial charge in [0.25, 0.3) is 0 Å². The molecule has 3 aliphatic rings. The molecule has 7 nitrogen and oxygen atoms in total. The molecule has 2 unspecified atom stereocenters. The smallest absolute Gasteiger partial charge is 0.334 e. The Bertz CT molecular complexity index is 712. The highest BCUT2D eigenvalue weighted by molar-refractivity contribution is 5.91. The van der Waals surface area contributed by atoms with Crippen LogP contribution in [-0.2, 0) is 28.5 Å². The van der Waals surface area contributed by atoms with Crippen molar-refractivity contribution in [3.05, 3.63) is 23.8 Å². The zero-order valence-corrected chi connectivity index (χ0v) is 17.2. The maximum absolute atomic E-state index is 12.4. The Hall–Kier alpha value is -1.70. The van der Waals surface area contributed by atoms with Crippen LogP contribution < -0.4 is 0 Å². The third-order valence-electron chi connectivity index (χ3n) is 5.95. The van der Waals surface area contributed by atoms with E-state index < -0.39 is 41.6 Å². The molecule has 0 radical (unpaired) electrons. The number of ether oxygens (including phenoxy) is 4. The van der Waals surface area contributed by atoms with Crippen LogP contribution in [0.3, 0.4) is 0 Å². The number of rotatable bonds is 4. The van der Waals surface area contributed by atoms with E-state index in [2.05, 4.69) is 6.58 Å². The Labute approximate surface area is 165 Å². The SMILES string of the molecule is C=C1C(=O)O[C@@H]2/C=C(\C)[C@@]3(O)CC(OCC)[C@@](C)(CC(OC(=O)C(C)C)[C@@H]12)O3. The van der Waals surface area contributed by atoms with Crippen molar-refractivity contribution >= 4 is 11.9 Å². The van der Waals surface area contributed by atoms with E-state index in [0.717, 1.165) is 0 Å². The fraction of sp³-hybridized carbons (Fsp3) is 0.714. The molecule has 2 bridgehead atoms. The van der Waals surface area contributed by atoms with E-state index in [1.807, 2.05) is 13.8 Å². The molecule has 0 saturated carbocycles. The van der Waals surface area contributed by atoms with Crippen LogP contribution in [0.15, 0.2) is 23.8 Å². The summed E-state index contributed by atoms with van der Waals surface area (Å²) in [5, 5.41) is 11.1. The molecule has 0 aliphatic carbocycles. The number of carbonyl (C=O) groups is 2. The number of carbonyl (C=O) groups excluding carboxylic acids is 2. The van der Waals surface area contributed by atoms with E-state index in [-0.39, 0.29) is 30.3 Å². The molecule has 0 aromatic carbocycles. The lowest BCUT2D eigenvalue weighted by atomic mass is 9.80. The monoisotopic (exact) mass is 394 g/mol. The van der Waals surface area contributed by atoms with E-state index in [0.29, 0.717) is 12.2 Å². The van der Waals surface area contributed by atoms with Crippen molar-refractivity contribution in [3.8, 4) is 0 Å². The summed E-state index contributed by atoms with van der Waals surface area (Å²) >= 11 is 0. The van der Waals surface area contributed by atoms with Crippen molar-refractivity contribution in [1.29, 1.82) is 0 Å². The van der Waals surface area contributed by atoms with Gasteiger partial charge in [-0.3, -0.25) is 4.79 Å². The summed E-state index contributed by atoms with van der Waals surface area (Å²) < 4.78 is 23.3. The van der Waals surface area contributed by atoms with Crippen LogP contribution in [0.25, 0.3) is 0 Å².